The molecule has 2 N–H and O–H groups in total. The fourth-order valence-corrected chi connectivity index (χ4v) is 5.91. The van der Waals surface area contributed by atoms with Gasteiger partial charge in [-0.2, -0.15) is 13.2 Å². The molecule has 1 fully saturated rings. The van der Waals surface area contributed by atoms with E-state index in [1.807, 2.05) is 24.7 Å². The minimum Gasteiger partial charge on any atom is -0.478 e. The monoisotopic (exact) mass is 716 g/mol. The number of benzene rings is 2. The predicted octanol–water partition coefficient (Wildman–Crippen LogP) is 6.78. The number of ether oxygens (including phenoxy) is 1. The van der Waals surface area contributed by atoms with E-state index in [2.05, 4.69) is 30.9 Å². The number of aryl methyl sites for hydroxylation is 1. The fraction of sp³-hybridized carbons (Fsp3) is 0.324. The highest BCUT2D eigenvalue weighted by molar-refractivity contribution is 6.30. The van der Waals surface area contributed by atoms with Crippen molar-refractivity contribution in [3.8, 4) is 5.88 Å². The standard InChI is InChI=1S/C32H32ClFN6O3.C2HF3O2/c1-2-39-20-35-16-25(39)17-40-29-14-22(32(41)42)6-8-28(29)37-30(40)18-38-12-9-21(10-13-38)26-4-3-11-36-31(26)43-19-23-5-7-24(33)15-27(23)34;3-2(4,5)1(6)7/h3-8,11,14-16,20-21H,2,9-10,12-13,17-19H2,1H3,(H,41,42);(H,6,7). The molecule has 3 aromatic heterocycles. The SMILES string of the molecule is CCn1cncc1Cn1c(CN2CCC(c3cccnc3OCc3ccc(Cl)cc3F)CC2)nc2ccc(C(=O)O)cc21.O=C(O)C(F)(F)F. The first-order chi connectivity index (χ1) is 23.8. The zero-order valence-electron chi connectivity index (χ0n) is 26.8. The second-order valence-electron chi connectivity index (χ2n) is 11.6. The van der Waals surface area contributed by atoms with Gasteiger partial charge in [-0.1, -0.05) is 23.7 Å². The number of likely N-dealkylation sites (tertiary alicyclic amines) is 1. The van der Waals surface area contributed by atoms with Crippen LogP contribution >= 0.6 is 11.6 Å². The van der Waals surface area contributed by atoms with Crippen LogP contribution in [0.25, 0.3) is 11.0 Å². The van der Waals surface area contributed by atoms with E-state index < -0.39 is 23.9 Å². The molecule has 6 rings (SSSR count). The van der Waals surface area contributed by atoms with E-state index in [1.54, 1.807) is 36.5 Å². The number of fused-ring (bicyclic) bond motifs is 1. The van der Waals surface area contributed by atoms with Gasteiger partial charge < -0.3 is 24.1 Å². The van der Waals surface area contributed by atoms with Gasteiger partial charge >= 0.3 is 18.1 Å². The Morgan fingerprint density at radius 2 is 1.80 bits per heavy atom. The third-order valence-electron chi connectivity index (χ3n) is 8.35. The van der Waals surface area contributed by atoms with Crippen LogP contribution in [-0.4, -0.2) is 70.4 Å². The molecular weight excluding hydrogens is 684 g/mol. The Bertz CT molecular complexity index is 1970. The Morgan fingerprint density at radius 3 is 2.46 bits per heavy atom. The van der Waals surface area contributed by atoms with Gasteiger partial charge in [0.15, 0.2) is 0 Å². The zero-order chi connectivity index (χ0) is 36.0. The van der Waals surface area contributed by atoms with Crippen LogP contribution in [0, 0.1) is 5.82 Å². The zero-order valence-corrected chi connectivity index (χ0v) is 27.5. The molecule has 0 radical (unpaired) electrons. The Morgan fingerprint density at radius 1 is 1.06 bits per heavy atom. The number of carboxylic acids is 2. The Balaban J connectivity index is 0.000000630. The maximum Gasteiger partial charge on any atom is 0.490 e. The smallest absolute Gasteiger partial charge is 0.478 e. The van der Waals surface area contributed by atoms with Crippen molar-refractivity contribution in [3.05, 3.63) is 106 Å². The first kappa shape index (κ1) is 36.3. The average molecular weight is 717 g/mol. The Labute approximate surface area is 288 Å². The number of pyridine rings is 1. The molecule has 0 saturated carbocycles. The molecule has 50 heavy (non-hydrogen) atoms. The molecule has 0 bridgehead atoms. The van der Waals surface area contributed by atoms with Gasteiger partial charge in [-0.15, -0.1) is 0 Å². The lowest BCUT2D eigenvalue weighted by molar-refractivity contribution is -0.192. The number of carboxylic acid groups (broad SMARTS) is 2. The summed E-state index contributed by atoms with van der Waals surface area (Å²) in [5.41, 5.74) is 4.28. The average Bonchev–Trinajstić information content (AvgIpc) is 3.68. The van der Waals surface area contributed by atoms with Crippen molar-refractivity contribution >= 4 is 34.6 Å². The van der Waals surface area contributed by atoms with Gasteiger partial charge in [-0.25, -0.2) is 28.9 Å². The van der Waals surface area contributed by atoms with E-state index in [0.29, 0.717) is 29.6 Å². The minimum absolute atomic E-state index is 0.0720. The summed E-state index contributed by atoms with van der Waals surface area (Å²) in [7, 11) is 0. The third-order valence-corrected chi connectivity index (χ3v) is 8.58. The lowest BCUT2D eigenvalue weighted by Crippen LogP contribution is -2.33. The first-order valence-corrected chi connectivity index (χ1v) is 16.0. The Kier molecular flexibility index (Phi) is 11.4. The molecule has 11 nitrogen and oxygen atoms in total. The lowest BCUT2D eigenvalue weighted by atomic mass is 9.90. The number of piperidine rings is 1. The van der Waals surface area contributed by atoms with E-state index in [-0.39, 0.29) is 18.1 Å². The van der Waals surface area contributed by atoms with Crippen molar-refractivity contribution in [1.29, 1.82) is 0 Å². The van der Waals surface area contributed by atoms with Crippen LogP contribution in [-0.2, 0) is 31.0 Å². The van der Waals surface area contributed by atoms with Crippen LogP contribution in [0.3, 0.4) is 0 Å². The summed E-state index contributed by atoms with van der Waals surface area (Å²) in [6.45, 7) is 5.81. The van der Waals surface area contributed by atoms with Crippen molar-refractivity contribution in [2.75, 3.05) is 13.1 Å². The second-order valence-corrected chi connectivity index (χ2v) is 12.0. The highest BCUT2D eigenvalue weighted by Crippen LogP contribution is 2.34. The number of hydrogen-bond acceptors (Lipinski definition) is 7. The predicted molar refractivity (Wildman–Crippen MR) is 175 cm³/mol. The van der Waals surface area contributed by atoms with E-state index >= 15 is 0 Å². The number of aromatic nitrogens is 5. The molecular formula is C34H33ClF4N6O5. The number of alkyl halides is 3. The van der Waals surface area contributed by atoms with Gasteiger partial charge in [0.1, 0.15) is 18.2 Å². The van der Waals surface area contributed by atoms with Crippen molar-refractivity contribution in [3.63, 3.8) is 0 Å². The highest BCUT2D eigenvalue weighted by atomic mass is 35.5. The van der Waals surface area contributed by atoms with E-state index in [1.165, 1.54) is 6.07 Å². The molecule has 1 saturated heterocycles. The highest BCUT2D eigenvalue weighted by Gasteiger charge is 2.38. The number of rotatable bonds is 10. The van der Waals surface area contributed by atoms with Gasteiger partial charge in [0.2, 0.25) is 5.88 Å². The molecule has 0 unspecified atom stereocenters. The molecule has 4 heterocycles. The summed E-state index contributed by atoms with van der Waals surface area (Å²) in [5.74, 6) is -2.45. The summed E-state index contributed by atoms with van der Waals surface area (Å²) in [5, 5.41) is 17.1. The first-order valence-electron chi connectivity index (χ1n) is 15.6. The van der Waals surface area contributed by atoms with Gasteiger partial charge in [-0.05, 0) is 75.2 Å². The van der Waals surface area contributed by atoms with Gasteiger partial charge in [0.25, 0.3) is 0 Å². The quantitative estimate of drug-likeness (QED) is 0.150. The minimum atomic E-state index is -5.08. The molecule has 1 aliphatic rings. The number of hydrogen-bond donors (Lipinski definition) is 2. The number of aliphatic carboxylic acids is 1. The summed E-state index contributed by atoms with van der Waals surface area (Å²) in [6, 6.07) is 13.6. The summed E-state index contributed by atoms with van der Waals surface area (Å²) in [4.78, 5) is 36.7. The molecule has 0 aliphatic carbocycles. The molecule has 5 aromatic rings. The number of imidazole rings is 2. The van der Waals surface area contributed by atoms with Crippen LogP contribution in [0.4, 0.5) is 17.6 Å². The largest absolute Gasteiger partial charge is 0.490 e. The molecule has 0 spiro atoms. The molecule has 2 aromatic carbocycles. The van der Waals surface area contributed by atoms with Crippen molar-refractivity contribution in [2.24, 2.45) is 0 Å². The normalized spacial score (nSPS) is 14.0. The van der Waals surface area contributed by atoms with Gasteiger partial charge in [0.05, 0.1) is 41.7 Å². The number of carbonyl (C=O) groups is 2. The molecule has 0 amide bonds. The van der Waals surface area contributed by atoms with E-state index in [9.17, 15) is 27.5 Å². The summed E-state index contributed by atoms with van der Waals surface area (Å²) >= 11 is 5.89. The van der Waals surface area contributed by atoms with Crippen LogP contribution in [0.15, 0.2) is 67.3 Å². The number of aromatic carboxylic acids is 1. The number of nitrogens with zero attached hydrogens (tertiary/aromatic N) is 6. The van der Waals surface area contributed by atoms with Crippen LogP contribution < -0.4 is 4.74 Å². The second kappa shape index (κ2) is 15.7. The third kappa shape index (κ3) is 8.76. The molecule has 16 heteroatoms. The topological polar surface area (TPSA) is 136 Å². The van der Waals surface area contributed by atoms with Crippen molar-refractivity contribution in [2.45, 2.75) is 58.1 Å². The van der Waals surface area contributed by atoms with E-state index in [4.69, 9.17) is 31.2 Å². The van der Waals surface area contributed by atoms with Gasteiger partial charge in [0, 0.05) is 35.1 Å². The van der Waals surface area contributed by atoms with Crippen LogP contribution in [0.1, 0.15) is 58.7 Å². The molecule has 0 atom stereocenters. The van der Waals surface area contributed by atoms with Crippen molar-refractivity contribution in [1.82, 2.24) is 29.0 Å². The lowest BCUT2D eigenvalue weighted by Gasteiger charge is -2.32. The van der Waals surface area contributed by atoms with E-state index in [0.717, 1.165) is 60.6 Å². The molecule has 1 aliphatic heterocycles. The fourth-order valence-electron chi connectivity index (χ4n) is 5.75. The maximum absolute atomic E-state index is 14.3. The Hall–Kier alpha value is -5.02. The van der Waals surface area contributed by atoms with Crippen molar-refractivity contribution < 1.29 is 42.1 Å². The maximum atomic E-state index is 14.3. The summed E-state index contributed by atoms with van der Waals surface area (Å²) < 4.78 is 56.2. The van der Waals surface area contributed by atoms with Crippen LogP contribution in [0.5, 0.6) is 5.88 Å². The van der Waals surface area contributed by atoms with Crippen LogP contribution in [0.2, 0.25) is 5.02 Å². The molecule has 264 valence electrons. The van der Waals surface area contributed by atoms with Gasteiger partial charge in [-0.3, -0.25) is 4.90 Å². The number of halogens is 5. The summed E-state index contributed by atoms with van der Waals surface area (Å²) in [6.07, 6.45) is 2.08.